The zero-order valence-corrected chi connectivity index (χ0v) is 9.78. The van der Waals surface area contributed by atoms with Crippen LogP contribution in [-0.2, 0) is 11.2 Å². The molecule has 0 radical (unpaired) electrons. The summed E-state index contributed by atoms with van der Waals surface area (Å²) in [5.74, 6) is 0. The molecular weight excluding hydrogens is 212 g/mol. The van der Waals surface area contributed by atoms with Gasteiger partial charge in [0.2, 0.25) is 0 Å². The Morgan fingerprint density at radius 3 is 3.12 bits per heavy atom. The predicted molar refractivity (Wildman–Crippen MR) is 64.6 cm³/mol. The quantitative estimate of drug-likeness (QED) is 0.798. The Bertz CT molecular complexity index is 458. The Hall–Kier alpha value is -1.37. The van der Waals surface area contributed by atoms with Crippen molar-refractivity contribution in [2.75, 3.05) is 13.2 Å². The molecule has 2 aliphatic rings. The summed E-state index contributed by atoms with van der Waals surface area (Å²) >= 11 is 0. The van der Waals surface area contributed by atoms with E-state index in [4.69, 9.17) is 10.00 Å². The number of rotatable bonds is 1. The molecule has 1 aromatic carbocycles. The molecule has 88 valence electrons. The summed E-state index contributed by atoms with van der Waals surface area (Å²) in [5.41, 5.74) is 3.29. The van der Waals surface area contributed by atoms with E-state index in [1.165, 1.54) is 24.0 Å². The molecule has 3 heteroatoms. The van der Waals surface area contributed by atoms with Gasteiger partial charge in [-0.1, -0.05) is 6.07 Å². The van der Waals surface area contributed by atoms with E-state index in [2.05, 4.69) is 17.5 Å². The Labute approximate surface area is 101 Å². The van der Waals surface area contributed by atoms with Gasteiger partial charge in [-0.25, -0.2) is 0 Å². The third-order valence-corrected chi connectivity index (χ3v) is 3.71. The summed E-state index contributed by atoms with van der Waals surface area (Å²) in [6.07, 6.45) is 3.48. The lowest BCUT2D eigenvalue weighted by atomic mass is 9.91. The van der Waals surface area contributed by atoms with Crippen molar-refractivity contribution in [3.8, 4) is 6.07 Å². The number of nitrogens with one attached hydrogen (secondary N) is 1. The van der Waals surface area contributed by atoms with Crippen LogP contribution in [0.2, 0.25) is 0 Å². The summed E-state index contributed by atoms with van der Waals surface area (Å²) in [6, 6.07) is 8.62. The van der Waals surface area contributed by atoms with Crippen LogP contribution in [0.5, 0.6) is 0 Å². The Kier molecular flexibility index (Phi) is 2.84. The van der Waals surface area contributed by atoms with Gasteiger partial charge in [-0.05, 0) is 49.1 Å². The van der Waals surface area contributed by atoms with Crippen molar-refractivity contribution in [2.24, 2.45) is 0 Å². The molecular formula is C14H16N2O. The lowest BCUT2D eigenvalue weighted by Crippen LogP contribution is -2.33. The minimum atomic E-state index is 0.134. The number of nitrogens with zero attached hydrogens (tertiary/aromatic N) is 1. The molecule has 0 aliphatic carbocycles. The third-order valence-electron chi connectivity index (χ3n) is 3.71. The van der Waals surface area contributed by atoms with E-state index in [1.807, 2.05) is 12.1 Å². The van der Waals surface area contributed by atoms with Crippen LogP contribution in [0.4, 0.5) is 0 Å². The van der Waals surface area contributed by atoms with Crippen LogP contribution in [0.25, 0.3) is 0 Å². The van der Waals surface area contributed by atoms with Crippen molar-refractivity contribution in [2.45, 2.75) is 31.4 Å². The maximum atomic E-state index is 8.98. The molecule has 0 saturated carbocycles. The summed E-state index contributed by atoms with van der Waals surface area (Å²) in [5, 5.41) is 12.5. The molecule has 1 N–H and O–H groups in total. The van der Waals surface area contributed by atoms with E-state index < -0.39 is 0 Å². The van der Waals surface area contributed by atoms with E-state index >= 15 is 0 Å². The van der Waals surface area contributed by atoms with Crippen LogP contribution in [0.1, 0.15) is 35.6 Å². The summed E-state index contributed by atoms with van der Waals surface area (Å²) in [4.78, 5) is 0. The molecule has 17 heavy (non-hydrogen) atoms. The predicted octanol–water partition coefficient (Wildman–Crippen LogP) is 1.92. The lowest BCUT2D eigenvalue weighted by Gasteiger charge is -2.30. The van der Waals surface area contributed by atoms with Crippen LogP contribution >= 0.6 is 0 Å². The largest absolute Gasteiger partial charge is 0.372 e. The molecule has 1 fully saturated rings. The topological polar surface area (TPSA) is 45.0 Å². The average molecular weight is 228 g/mol. The van der Waals surface area contributed by atoms with Crippen LogP contribution in [0.15, 0.2) is 18.2 Å². The first-order chi connectivity index (χ1) is 8.38. The van der Waals surface area contributed by atoms with Gasteiger partial charge in [0, 0.05) is 6.04 Å². The van der Waals surface area contributed by atoms with Gasteiger partial charge in [0.1, 0.15) is 0 Å². The van der Waals surface area contributed by atoms with E-state index in [0.717, 1.165) is 25.1 Å². The van der Waals surface area contributed by atoms with Gasteiger partial charge in [0.15, 0.2) is 0 Å². The minimum Gasteiger partial charge on any atom is -0.372 e. The molecule has 2 aliphatic heterocycles. The van der Waals surface area contributed by atoms with Crippen molar-refractivity contribution in [1.82, 2.24) is 5.32 Å². The van der Waals surface area contributed by atoms with Gasteiger partial charge in [-0.3, -0.25) is 0 Å². The van der Waals surface area contributed by atoms with Crippen LogP contribution in [-0.4, -0.2) is 19.2 Å². The van der Waals surface area contributed by atoms with E-state index in [1.54, 1.807) is 0 Å². The van der Waals surface area contributed by atoms with Gasteiger partial charge in [0.25, 0.3) is 0 Å². The molecule has 3 rings (SSSR count). The normalized spacial score (nSPS) is 27.5. The minimum absolute atomic E-state index is 0.134. The van der Waals surface area contributed by atoms with Crippen LogP contribution in [0.3, 0.4) is 0 Å². The number of nitriles is 1. The third kappa shape index (κ3) is 1.95. The van der Waals surface area contributed by atoms with Crippen molar-refractivity contribution in [3.05, 3.63) is 34.9 Å². The first-order valence-electron chi connectivity index (χ1n) is 6.26. The van der Waals surface area contributed by atoms with Crippen molar-refractivity contribution in [3.63, 3.8) is 0 Å². The number of ether oxygens (including phenoxy) is 1. The van der Waals surface area contributed by atoms with Crippen molar-refractivity contribution >= 4 is 0 Å². The summed E-state index contributed by atoms with van der Waals surface area (Å²) in [6.45, 7) is 1.87. The molecule has 2 atom stereocenters. The number of fused-ring (bicyclic) bond motifs is 1. The maximum absolute atomic E-state index is 8.98. The Morgan fingerprint density at radius 1 is 1.41 bits per heavy atom. The van der Waals surface area contributed by atoms with Crippen LogP contribution in [0, 0.1) is 11.3 Å². The van der Waals surface area contributed by atoms with Gasteiger partial charge >= 0.3 is 0 Å². The highest BCUT2D eigenvalue weighted by atomic mass is 16.5. The molecule has 3 nitrogen and oxygen atoms in total. The molecule has 2 heterocycles. The highest BCUT2D eigenvalue weighted by Crippen LogP contribution is 2.33. The average Bonchev–Trinajstić information content (AvgIpc) is 2.91. The van der Waals surface area contributed by atoms with E-state index in [9.17, 15) is 0 Å². The van der Waals surface area contributed by atoms with Crippen molar-refractivity contribution in [1.29, 1.82) is 5.26 Å². The van der Waals surface area contributed by atoms with Gasteiger partial charge in [-0.2, -0.15) is 5.26 Å². The Balaban J connectivity index is 1.97. The zero-order valence-electron chi connectivity index (χ0n) is 9.78. The maximum Gasteiger partial charge on any atom is 0.0991 e. The zero-order chi connectivity index (χ0) is 11.7. The molecule has 0 unspecified atom stereocenters. The molecule has 1 saturated heterocycles. The van der Waals surface area contributed by atoms with Crippen LogP contribution < -0.4 is 5.32 Å². The Morgan fingerprint density at radius 2 is 2.35 bits per heavy atom. The molecule has 0 amide bonds. The number of hydrogen-bond donors (Lipinski definition) is 1. The number of hydrogen-bond acceptors (Lipinski definition) is 3. The first-order valence-corrected chi connectivity index (χ1v) is 6.26. The molecule has 0 bridgehead atoms. The highest BCUT2D eigenvalue weighted by molar-refractivity contribution is 5.41. The van der Waals surface area contributed by atoms with E-state index in [0.29, 0.717) is 6.04 Å². The fourth-order valence-electron chi connectivity index (χ4n) is 2.85. The fourth-order valence-corrected chi connectivity index (χ4v) is 2.85. The summed E-state index contributed by atoms with van der Waals surface area (Å²) in [7, 11) is 0. The summed E-state index contributed by atoms with van der Waals surface area (Å²) < 4.78 is 5.92. The SMILES string of the molecule is N#Cc1ccc2c(c1)[C@@H]([C@H]1CCCN1)OCC2. The molecule has 0 aromatic heterocycles. The lowest BCUT2D eigenvalue weighted by molar-refractivity contribution is 0.0199. The second-order valence-electron chi connectivity index (χ2n) is 4.77. The molecule has 0 spiro atoms. The van der Waals surface area contributed by atoms with E-state index in [-0.39, 0.29) is 6.10 Å². The van der Waals surface area contributed by atoms with Gasteiger partial charge in [0.05, 0.1) is 24.3 Å². The smallest absolute Gasteiger partial charge is 0.0991 e. The second kappa shape index (κ2) is 4.48. The van der Waals surface area contributed by atoms with Gasteiger partial charge < -0.3 is 10.1 Å². The van der Waals surface area contributed by atoms with Crippen molar-refractivity contribution < 1.29 is 4.74 Å². The second-order valence-corrected chi connectivity index (χ2v) is 4.77. The monoisotopic (exact) mass is 228 g/mol. The standard InChI is InChI=1S/C14H16N2O/c15-9-10-3-4-11-5-7-17-14(12(11)8-10)13-2-1-6-16-13/h3-4,8,13-14,16H,1-2,5-7H2/t13-,14+/m1/s1. The number of benzene rings is 1. The molecule has 1 aromatic rings. The first kappa shape index (κ1) is 10.8. The fraction of sp³-hybridized carbons (Fsp3) is 0.500. The van der Waals surface area contributed by atoms with Gasteiger partial charge in [-0.15, -0.1) is 0 Å². The highest BCUT2D eigenvalue weighted by Gasteiger charge is 2.30.